The summed E-state index contributed by atoms with van der Waals surface area (Å²) in [5.74, 6) is 1.96. The minimum Gasteiger partial charge on any atom is -0.328 e. The second-order valence-electron chi connectivity index (χ2n) is 5.48. The maximum Gasteiger partial charge on any atom is 0.139 e. The Morgan fingerprint density at radius 3 is 2.80 bits per heavy atom. The van der Waals surface area contributed by atoms with Crippen molar-refractivity contribution >= 4 is 38.6 Å². The van der Waals surface area contributed by atoms with E-state index in [9.17, 15) is 4.39 Å². The van der Waals surface area contributed by atoms with Gasteiger partial charge in [0.2, 0.25) is 0 Å². The molecule has 1 aliphatic rings. The number of alkyl halides is 1. The molecule has 3 rings (SSSR count). The molecule has 1 aliphatic carbocycles. The highest BCUT2D eigenvalue weighted by molar-refractivity contribution is 9.10. The summed E-state index contributed by atoms with van der Waals surface area (Å²) in [6.07, 6.45) is 5.92. The average Bonchev–Trinajstić information content (AvgIpc) is 3.02. The van der Waals surface area contributed by atoms with Crippen molar-refractivity contribution in [3.05, 3.63) is 28.2 Å². The van der Waals surface area contributed by atoms with Gasteiger partial charge in [-0.2, -0.15) is 0 Å². The summed E-state index contributed by atoms with van der Waals surface area (Å²) in [5, 5.41) is 0. The summed E-state index contributed by atoms with van der Waals surface area (Å²) in [6.45, 7) is 0.973. The van der Waals surface area contributed by atoms with Gasteiger partial charge in [-0.05, 0) is 40.8 Å². The molecule has 5 heteroatoms. The molecular formula is C15H17BrClFN2. The van der Waals surface area contributed by atoms with Crippen molar-refractivity contribution in [2.24, 2.45) is 5.92 Å². The summed E-state index contributed by atoms with van der Waals surface area (Å²) in [7, 11) is 0. The van der Waals surface area contributed by atoms with Crippen molar-refractivity contribution in [1.82, 2.24) is 9.55 Å². The van der Waals surface area contributed by atoms with Gasteiger partial charge in [-0.25, -0.2) is 9.37 Å². The smallest absolute Gasteiger partial charge is 0.139 e. The fraction of sp³-hybridized carbons (Fsp3) is 0.533. The Bertz CT molecular complexity index is 620. The van der Waals surface area contributed by atoms with Gasteiger partial charge in [-0.3, -0.25) is 0 Å². The molecule has 1 aromatic heterocycles. The molecule has 0 amide bonds. The number of hydrogen-bond acceptors (Lipinski definition) is 1. The number of rotatable bonds is 4. The Hall–Kier alpha value is -0.610. The van der Waals surface area contributed by atoms with Crippen LogP contribution in [-0.4, -0.2) is 15.4 Å². The normalized spacial score (nSPS) is 16.4. The molecule has 1 saturated carbocycles. The zero-order chi connectivity index (χ0) is 14.1. The van der Waals surface area contributed by atoms with Crippen LogP contribution in [0, 0.1) is 11.7 Å². The quantitative estimate of drug-likeness (QED) is 0.709. The number of nitrogens with zero attached hydrogens (tertiary/aromatic N) is 2. The Kier molecular flexibility index (Phi) is 4.32. The maximum atomic E-state index is 13.7. The van der Waals surface area contributed by atoms with E-state index in [-0.39, 0.29) is 5.82 Å². The number of halogens is 3. The van der Waals surface area contributed by atoms with Crippen molar-refractivity contribution in [3.63, 3.8) is 0 Å². The summed E-state index contributed by atoms with van der Waals surface area (Å²) in [5.41, 5.74) is 1.73. The van der Waals surface area contributed by atoms with Gasteiger partial charge in [0.25, 0.3) is 0 Å². The van der Waals surface area contributed by atoms with E-state index in [2.05, 4.69) is 25.5 Å². The minimum atomic E-state index is -0.263. The summed E-state index contributed by atoms with van der Waals surface area (Å²) >= 11 is 9.15. The number of hydrogen-bond donors (Lipinski definition) is 0. The Balaban J connectivity index is 2.04. The van der Waals surface area contributed by atoms with Gasteiger partial charge in [0.05, 0.1) is 15.5 Å². The van der Waals surface area contributed by atoms with Crippen LogP contribution >= 0.6 is 27.5 Å². The number of benzene rings is 1. The summed E-state index contributed by atoms with van der Waals surface area (Å²) < 4.78 is 16.4. The first-order chi connectivity index (χ1) is 9.69. The fourth-order valence-electron chi connectivity index (χ4n) is 3.10. The lowest BCUT2D eigenvalue weighted by atomic mass is 10.1. The van der Waals surface area contributed by atoms with E-state index in [1.165, 1.54) is 31.7 Å². The average molecular weight is 360 g/mol. The fourth-order valence-corrected chi connectivity index (χ4v) is 3.60. The molecule has 2 nitrogen and oxygen atoms in total. The molecule has 0 atom stereocenters. The van der Waals surface area contributed by atoms with E-state index >= 15 is 0 Å². The molecule has 0 saturated heterocycles. The molecule has 1 fully saturated rings. The van der Waals surface area contributed by atoms with Gasteiger partial charge in [0.1, 0.15) is 11.6 Å². The van der Waals surface area contributed by atoms with Crippen LogP contribution in [0.4, 0.5) is 4.39 Å². The van der Waals surface area contributed by atoms with Gasteiger partial charge < -0.3 is 4.57 Å². The van der Waals surface area contributed by atoms with Crippen LogP contribution < -0.4 is 0 Å². The van der Waals surface area contributed by atoms with E-state index in [0.717, 1.165) is 29.8 Å². The van der Waals surface area contributed by atoms with E-state index in [1.807, 2.05) is 6.07 Å². The van der Waals surface area contributed by atoms with Crippen LogP contribution in [-0.2, 0) is 13.0 Å². The van der Waals surface area contributed by atoms with Gasteiger partial charge in [0, 0.05) is 24.9 Å². The van der Waals surface area contributed by atoms with Gasteiger partial charge in [0.15, 0.2) is 0 Å². The van der Waals surface area contributed by atoms with E-state index in [4.69, 9.17) is 11.6 Å². The largest absolute Gasteiger partial charge is 0.328 e. The van der Waals surface area contributed by atoms with Gasteiger partial charge >= 0.3 is 0 Å². The predicted molar refractivity (Wildman–Crippen MR) is 83.8 cm³/mol. The monoisotopic (exact) mass is 358 g/mol. The van der Waals surface area contributed by atoms with Crippen LogP contribution in [0.1, 0.15) is 31.5 Å². The molecule has 0 spiro atoms. The molecule has 1 heterocycles. The highest BCUT2D eigenvalue weighted by atomic mass is 79.9. The third-order valence-corrected chi connectivity index (χ3v) is 4.90. The number of fused-ring (bicyclic) bond motifs is 1. The highest BCUT2D eigenvalue weighted by Gasteiger charge is 2.19. The lowest BCUT2D eigenvalue weighted by molar-refractivity contribution is 0.455. The molecule has 108 valence electrons. The van der Waals surface area contributed by atoms with E-state index in [0.29, 0.717) is 16.3 Å². The van der Waals surface area contributed by atoms with Crippen molar-refractivity contribution in [2.75, 3.05) is 5.88 Å². The standard InChI is InChI=1S/C15H17BrClFN2/c16-11-7-14-13(8-12(11)18)19-15(5-6-17)20(14)9-10-3-1-2-4-10/h7-8,10H,1-6,9H2. The molecule has 0 N–H and O–H groups in total. The van der Waals surface area contributed by atoms with Gasteiger partial charge in [-0.1, -0.05) is 12.8 Å². The second kappa shape index (κ2) is 6.02. The Labute approximate surface area is 131 Å². The van der Waals surface area contributed by atoms with E-state index in [1.54, 1.807) is 0 Å². The predicted octanol–water partition coefficient (Wildman–Crippen LogP) is 4.91. The number of imidazole rings is 1. The zero-order valence-corrected chi connectivity index (χ0v) is 13.6. The summed E-state index contributed by atoms with van der Waals surface area (Å²) in [6, 6.07) is 3.34. The zero-order valence-electron chi connectivity index (χ0n) is 11.2. The third kappa shape index (κ3) is 2.73. The number of aromatic nitrogens is 2. The molecule has 20 heavy (non-hydrogen) atoms. The van der Waals surface area contributed by atoms with Crippen LogP contribution in [0.15, 0.2) is 16.6 Å². The van der Waals surface area contributed by atoms with Crippen LogP contribution in [0.5, 0.6) is 0 Å². The van der Waals surface area contributed by atoms with Crippen LogP contribution in [0.3, 0.4) is 0 Å². The minimum absolute atomic E-state index is 0.263. The highest BCUT2D eigenvalue weighted by Crippen LogP contribution is 2.30. The van der Waals surface area contributed by atoms with E-state index < -0.39 is 0 Å². The first-order valence-corrected chi connectivity index (χ1v) is 8.42. The van der Waals surface area contributed by atoms with Crippen molar-refractivity contribution < 1.29 is 4.39 Å². The summed E-state index contributed by atoms with van der Waals surface area (Å²) in [4.78, 5) is 4.56. The maximum absolute atomic E-state index is 13.7. The molecule has 0 bridgehead atoms. The second-order valence-corrected chi connectivity index (χ2v) is 6.72. The molecule has 0 aliphatic heterocycles. The lowest BCUT2D eigenvalue weighted by Crippen LogP contribution is -2.11. The van der Waals surface area contributed by atoms with Crippen molar-refractivity contribution in [1.29, 1.82) is 0 Å². The van der Waals surface area contributed by atoms with Crippen molar-refractivity contribution in [2.45, 2.75) is 38.6 Å². The molecular weight excluding hydrogens is 343 g/mol. The Morgan fingerprint density at radius 1 is 1.35 bits per heavy atom. The molecule has 2 aromatic rings. The molecule has 1 aromatic carbocycles. The topological polar surface area (TPSA) is 17.8 Å². The van der Waals surface area contributed by atoms with Crippen LogP contribution in [0.2, 0.25) is 0 Å². The first kappa shape index (κ1) is 14.3. The molecule has 0 radical (unpaired) electrons. The third-order valence-electron chi connectivity index (χ3n) is 4.10. The SMILES string of the molecule is Fc1cc2nc(CCCl)n(CC3CCCC3)c2cc1Br. The van der Waals surface area contributed by atoms with Crippen molar-refractivity contribution in [3.8, 4) is 0 Å². The van der Waals surface area contributed by atoms with Gasteiger partial charge in [-0.15, -0.1) is 11.6 Å². The lowest BCUT2D eigenvalue weighted by Gasteiger charge is -2.14. The van der Waals surface area contributed by atoms with Crippen LogP contribution in [0.25, 0.3) is 11.0 Å². The first-order valence-electron chi connectivity index (χ1n) is 7.09. The number of aryl methyl sites for hydroxylation is 1. The Morgan fingerprint density at radius 2 is 2.10 bits per heavy atom. The molecule has 0 unspecified atom stereocenters.